The van der Waals surface area contributed by atoms with Crippen molar-refractivity contribution in [1.82, 2.24) is 0 Å². The molecular weight excluding hydrogens is 168 g/mol. The number of ether oxygens (including phenoxy) is 2. The van der Waals surface area contributed by atoms with E-state index in [-0.39, 0.29) is 0 Å². The fourth-order valence-corrected chi connectivity index (χ4v) is 1.11. The predicted molar refractivity (Wildman–Crippen MR) is 35.9 cm³/mol. The lowest BCUT2D eigenvalue weighted by Crippen LogP contribution is -2.38. The molecule has 0 amide bonds. The van der Waals surface area contributed by atoms with Crippen molar-refractivity contribution in [2.75, 3.05) is 7.11 Å². The zero-order valence-electron chi connectivity index (χ0n) is 6.49. The van der Waals surface area contributed by atoms with E-state index in [0.29, 0.717) is 0 Å². The first-order valence-corrected chi connectivity index (χ1v) is 3.48. The summed E-state index contributed by atoms with van der Waals surface area (Å²) in [4.78, 5) is 0. The molecule has 0 aromatic rings. The molecule has 12 heavy (non-hydrogen) atoms. The highest BCUT2D eigenvalue weighted by atomic mass is 16.7. The van der Waals surface area contributed by atoms with Gasteiger partial charge < -0.3 is 29.9 Å². The Morgan fingerprint density at radius 1 is 1.25 bits per heavy atom. The fraction of sp³-hybridized carbons (Fsp3) is 1.00. The van der Waals surface area contributed by atoms with Crippen LogP contribution in [0.5, 0.6) is 0 Å². The minimum atomic E-state index is -1.82. The zero-order valence-corrected chi connectivity index (χ0v) is 6.49. The molecule has 72 valence electrons. The van der Waals surface area contributed by atoms with Crippen LogP contribution < -0.4 is 0 Å². The maximum absolute atomic E-state index is 9.15. The summed E-state index contributed by atoms with van der Waals surface area (Å²) in [5.41, 5.74) is 0. The maximum atomic E-state index is 9.15. The molecule has 4 unspecified atom stereocenters. The van der Waals surface area contributed by atoms with Gasteiger partial charge in [-0.2, -0.15) is 0 Å². The van der Waals surface area contributed by atoms with Gasteiger partial charge in [0.25, 0.3) is 0 Å². The lowest BCUT2D eigenvalue weighted by Gasteiger charge is -2.15. The van der Waals surface area contributed by atoms with E-state index < -0.39 is 30.9 Å². The molecule has 0 aromatic heterocycles. The van der Waals surface area contributed by atoms with Crippen LogP contribution in [0.3, 0.4) is 0 Å². The highest BCUT2D eigenvalue weighted by molar-refractivity contribution is 4.87. The van der Waals surface area contributed by atoms with Crippen LogP contribution >= 0.6 is 0 Å². The average molecular weight is 180 g/mol. The molecule has 6 heteroatoms. The van der Waals surface area contributed by atoms with Gasteiger partial charge in [0, 0.05) is 7.11 Å². The van der Waals surface area contributed by atoms with Crippen LogP contribution in [0, 0.1) is 0 Å². The van der Waals surface area contributed by atoms with Crippen LogP contribution in [0.1, 0.15) is 0 Å². The van der Waals surface area contributed by atoms with E-state index in [9.17, 15) is 0 Å². The lowest BCUT2D eigenvalue weighted by atomic mass is 10.1. The van der Waals surface area contributed by atoms with Gasteiger partial charge in [-0.3, -0.25) is 0 Å². The van der Waals surface area contributed by atoms with Crippen molar-refractivity contribution in [3.8, 4) is 0 Å². The van der Waals surface area contributed by atoms with Crippen molar-refractivity contribution in [3.05, 3.63) is 0 Å². The summed E-state index contributed by atoms with van der Waals surface area (Å²) in [6, 6.07) is 0. The molecule has 4 N–H and O–H groups in total. The predicted octanol–water partition coefficient (Wildman–Crippen LogP) is -2.61. The van der Waals surface area contributed by atoms with Crippen molar-refractivity contribution in [2.45, 2.75) is 30.9 Å². The lowest BCUT2D eigenvalue weighted by molar-refractivity contribution is -0.200. The summed E-state index contributed by atoms with van der Waals surface area (Å²) in [6.07, 6.45) is -6.64. The molecule has 1 aliphatic heterocycles. The third kappa shape index (κ3) is 1.58. The molecule has 0 aliphatic carbocycles. The second kappa shape index (κ2) is 3.65. The second-order valence-corrected chi connectivity index (χ2v) is 2.60. The summed E-state index contributed by atoms with van der Waals surface area (Å²) in [7, 11) is 1.28. The summed E-state index contributed by atoms with van der Waals surface area (Å²) in [5, 5.41) is 35.6. The third-order valence-electron chi connectivity index (χ3n) is 1.78. The average Bonchev–Trinajstić information content (AvgIpc) is 2.30. The molecule has 0 bridgehead atoms. The molecule has 1 heterocycles. The van der Waals surface area contributed by atoms with Crippen molar-refractivity contribution in [1.29, 1.82) is 0 Å². The fourth-order valence-electron chi connectivity index (χ4n) is 1.11. The Hall–Kier alpha value is -0.240. The standard InChI is InChI=1S/C6H12O6/c1-11-6-3(8)2(7)4(12-6)5(9)10/h2-10H,1H3. The van der Waals surface area contributed by atoms with Crippen LogP contribution in [0.2, 0.25) is 0 Å². The number of aliphatic hydroxyl groups is 4. The van der Waals surface area contributed by atoms with Gasteiger partial charge in [0.1, 0.15) is 18.3 Å². The van der Waals surface area contributed by atoms with E-state index in [4.69, 9.17) is 25.2 Å². The molecule has 0 saturated carbocycles. The third-order valence-corrected chi connectivity index (χ3v) is 1.78. The van der Waals surface area contributed by atoms with Gasteiger partial charge >= 0.3 is 0 Å². The summed E-state index contributed by atoms with van der Waals surface area (Å²) in [6.45, 7) is 0. The largest absolute Gasteiger partial charge is 0.387 e. The molecule has 0 spiro atoms. The van der Waals surface area contributed by atoms with Gasteiger partial charge in [-0.05, 0) is 0 Å². The van der Waals surface area contributed by atoms with E-state index in [1.54, 1.807) is 0 Å². The molecule has 6 nitrogen and oxygen atoms in total. The smallest absolute Gasteiger partial charge is 0.186 e. The normalized spacial score (nSPS) is 42.5. The van der Waals surface area contributed by atoms with E-state index >= 15 is 0 Å². The summed E-state index contributed by atoms with van der Waals surface area (Å²) >= 11 is 0. The number of hydrogen-bond acceptors (Lipinski definition) is 6. The molecule has 1 saturated heterocycles. The number of methoxy groups -OCH3 is 1. The van der Waals surface area contributed by atoms with E-state index in [1.165, 1.54) is 7.11 Å². The van der Waals surface area contributed by atoms with E-state index in [2.05, 4.69) is 4.74 Å². The van der Waals surface area contributed by atoms with Crippen molar-refractivity contribution >= 4 is 0 Å². The minimum Gasteiger partial charge on any atom is -0.387 e. The van der Waals surface area contributed by atoms with E-state index in [1.807, 2.05) is 0 Å². The van der Waals surface area contributed by atoms with Crippen LogP contribution in [-0.4, -0.2) is 58.4 Å². The number of rotatable bonds is 2. The Morgan fingerprint density at radius 2 is 1.83 bits per heavy atom. The SMILES string of the molecule is COC1OC(C(O)O)C(O)C1O. The molecule has 1 fully saturated rings. The van der Waals surface area contributed by atoms with Crippen LogP contribution in [0.25, 0.3) is 0 Å². The first-order chi connectivity index (χ1) is 5.57. The molecular formula is C6H12O6. The molecule has 4 atom stereocenters. The molecule has 0 aromatic carbocycles. The van der Waals surface area contributed by atoms with Gasteiger partial charge in [-0.15, -0.1) is 0 Å². The van der Waals surface area contributed by atoms with Gasteiger partial charge in [0.05, 0.1) is 0 Å². The molecule has 0 radical (unpaired) electrons. The quantitative estimate of drug-likeness (QED) is 0.347. The highest BCUT2D eigenvalue weighted by Crippen LogP contribution is 2.23. The van der Waals surface area contributed by atoms with Crippen LogP contribution in [0.4, 0.5) is 0 Å². The molecule has 1 rings (SSSR count). The highest BCUT2D eigenvalue weighted by Gasteiger charge is 2.45. The first kappa shape index (κ1) is 9.85. The van der Waals surface area contributed by atoms with Crippen LogP contribution in [0.15, 0.2) is 0 Å². The Bertz CT molecular complexity index is 149. The topological polar surface area (TPSA) is 99.4 Å². The Balaban J connectivity index is 2.60. The first-order valence-electron chi connectivity index (χ1n) is 3.48. The maximum Gasteiger partial charge on any atom is 0.186 e. The Morgan fingerprint density at radius 3 is 2.08 bits per heavy atom. The second-order valence-electron chi connectivity index (χ2n) is 2.60. The van der Waals surface area contributed by atoms with Gasteiger partial charge in [0.2, 0.25) is 0 Å². The number of aliphatic hydroxyl groups excluding tert-OH is 3. The van der Waals surface area contributed by atoms with Gasteiger partial charge in [-0.25, -0.2) is 0 Å². The zero-order chi connectivity index (χ0) is 9.30. The van der Waals surface area contributed by atoms with E-state index in [0.717, 1.165) is 0 Å². The van der Waals surface area contributed by atoms with Crippen molar-refractivity contribution in [3.63, 3.8) is 0 Å². The summed E-state index contributed by atoms with van der Waals surface area (Å²) in [5.74, 6) is 0. The molecule has 1 aliphatic rings. The van der Waals surface area contributed by atoms with Crippen LogP contribution in [-0.2, 0) is 9.47 Å². The van der Waals surface area contributed by atoms with Crippen molar-refractivity contribution in [2.24, 2.45) is 0 Å². The minimum absolute atomic E-state index is 1.01. The monoisotopic (exact) mass is 180 g/mol. The van der Waals surface area contributed by atoms with Gasteiger partial charge in [-0.1, -0.05) is 0 Å². The van der Waals surface area contributed by atoms with Gasteiger partial charge in [0.15, 0.2) is 12.6 Å². The Kier molecular flexibility index (Phi) is 2.99. The Labute approximate surface area is 69.0 Å². The number of hydrogen-bond donors (Lipinski definition) is 4. The van der Waals surface area contributed by atoms with Crippen molar-refractivity contribution < 1.29 is 29.9 Å². The summed E-state index contributed by atoms with van der Waals surface area (Å²) < 4.78 is 9.39.